The summed E-state index contributed by atoms with van der Waals surface area (Å²) in [7, 11) is 0. The van der Waals surface area contributed by atoms with Gasteiger partial charge in [0.1, 0.15) is 5.82 Å². The first-order valence-electron chi connectivity index (χ1n) is 12.2. The van der Waals surface area contributed by atoms with E-state index in [1.807, 2.05) is 0 Å². The second kappa shape index (κ2) is 11.2. The minimum Gasteiger partial charge on any atom is -0.335 e. The molecule has 39 heavy (non-hydrogen) atoms. The van der Waals surface area contributed by atoms with Crippen molar-refractivity contribution >= 4 is 22.0 Å². The summed E-state index contributed by atoms with van der Waals surface area (Å²) in [5.41, 5.74) is -4.45. The number of rotatable bonds is 6. The zero-order valence-corrected chi connectivity index (χ0v) is 22.0. The first-order valence-corrected chi connectivity index (χ1v) is 13.0. The summed E-state index contributed by atoms with van der Waals surface area (Å²) in [5, 5.41) is 5.51. The first kappa shape index (κ1) is 28.9. The molecule has 208 valence electrons. The van der Waals surface area contributed by atoms with Crippen LogP contribution in [0.15, 0.2) is 71.2 Å². The predicted octanol–water partition coefficient (Wildman–Crippen LogP) is 8.35. The summed E-state index contributed by atoms with van der Waals surface area (Å²) in [5.74, 6) is -1.54. The van der Waals surface area contributed by atoms with E-state index in [0.29, 0.717) is 30.5 Å². The maximum absolute atomic E-state index is 14.3. The number of nitrogens with one attached hydrogen (secondary N) is 2. The second-order valence-electron chi connectivity index (χ2n) is 9.57. The number of benzene rings is 3. The summed E-state index contributed by atoms with van der Waals surface area (Å²) in [6.07, 6.45) is -6.93. The van der Waals surface area contributed by atoms with Gasteiger partial charge in [-0.05, 0) is 59.9 Å². The van der Waals surface area contributed by atoms with Crippen LogP contribution in [0.1, 0.15) is 53.5 Å². The minimum absolute atomic E-state index is 0.000851. The van der Waals surface area contributed by atoms with Crippen molar-refractivity contribution < 1.29 is 35.5 Å². The van der Waals surface area contributed by atoms with Crippen molar-refractivity contribution in [2.45, 2.75) is 56.0 Å². The van der Waals surface area contributed by atoms with E-state index in [0.717, 1.165) is 31.0 Å². The van der Waals surface area contributed by atoms with Crippen LogP contribution < -0.4 is 10.6 Å². The number of alkyl halides is 6. The van der Waals surface area contributed by atoms with E-state index in [9.17, 15) is 35.5 Å². The van der Waals surface area contributed by atoms with Crippen LogP contribution in [0.3, 0.4) is 0 Å². The molecule has 0 radical (unpaired) electrons. The molecule has 0 aromatic heterocycles. The van der Waals surface area contributed by atoms with Crippen LogP contribution in [-0.2, 0) is 24.3 Å². The van der Waals surface area contributed by atoms with Gasteiger partial charge >= 0.3 is 18.4 Å². The quantitative estimate of drug-likeness (QED) is 0.268. The minimum atomic E-state index is -5.08. The number of amides is 2. The van der Waals surface area contributed by atoms with Crippen LogP contribution in [0.4, 0.5) is 35.5 Å². The van der Waals surface area contributed by atoms with Gasteiger partial charge < -0.3 is 10.6 Å². The Morgan fingerprint density at radius 1 is 0.821 bits per heavy atom. The average Bonchev–Trinajstić information content (AvgIpc) is 3.35. The largest absolute Gasteiger partial charge is 0.419 e. The van der Waals surface area contributed by atoms with Crippen molar-refractivity contribution in [1.29, 1.82) is 0 Å². The fourth-order valence-electron chi connectivity index (χ4n) is 4.95. The Balaban J connectivity index is 1.98. The Kier molecular flexibility index (Phi) is 8.30. The Labute approximate surface area is 228 Å². The number of urea groups is 1. The molecule has 2 N–H and O–H groups in total. The van der Waals surface area contributed by atoms with Crippen molar-refractivity contribution in [3.05, 3.63) is 105 Å². The van der Waals surface area contributed by atoms with Crippen LogP contribution in [0.5, 0.6) is 0 Å². The molecule has 0 saturated heterocycles. The van der Waals surface area contributed by atoms with Crippen LogP contribution in [0.25, 0.3) is 0 Å². The van der Waals surface area contributed by atoms with Crippen LogP contribution in [0.2, 0.25) is 0 Å². The van der Waals surface area contributed by atoms with Crippen molar-refractivity contribution in [1.82, 2.24) is 10.6 Å². The maximum atomic E-state index is 14.3. The van der Waals surface area contributed by atoms with E-state index in [-0.39, 0.29) is 28.1 Å². The highest BCUT2D eigenvalue weighted by Gasteiger charge is 2.42. The Morgan fingerprint density at radius 2 is 1.46 bits per heavy atom. The zero-order chi connectivity index (χ0) is 28.4. The molecule has 1 saturated carbocycles. The molecule has 11 heteroatoms. The number of carbonyl (C=O) groups is 1. The van der Waals surface area contributed by atoms with Crippen molar-refractivity contribution in [2.75, 3.05) is 0 Å². The summed E-state index contributed by atoms with van der Waals surface area (Å²) < 4.78 is 97.2. The Morgan fingerprint density at radius 3 is 2.08 bits per heavy atom. The van der Waals surface area contributed by atoms with Crippen LogP contribution in [-0.4, -0.2) is 12.1 Å². The van der Waals surface area contributed by atoms with E-state index in [2.05, 4.69) is 26.6 Å². The van der Waals surface area contributed by atoms with Crippen molar-refractivity contribution in [2.24, 2.45) is 0 Å². The van der Waals surface area contributed by atoms with Gasteiger partial charge in [-0.25, -0.2) is 9.18 Å². The van der Waals surface area contributed by atoms with E-state index in [1.165, 1.54) is 6.07 Å². The Bertz CT molecular complexity index is 1320. The molecule has 3 aromatic rings. The third-order valence-electron chi connectivity index (χ3n) is 6.81. The molecule has 0 aliphatic heterocycles. The third kappa shape index (κ3) is 6.74. The fraction of sp³-hybridized carbons (Fsp3) is 0.321. The molecule has 1 fully saturated rings. The van der Waals surface area contributed by atoms with E-state index in [4.69, 9.17) is 0 Å². The monoisotopic (exact) mass is 616 g/mol. The lowest BCUT2D eigenvalue weighted by molar-refractivity contribution is -0.140. The molecular weight excluding hydrogens is 593 g/mol. The van der Waals surface area contributed by atoms with Crippen molar-refractivity contribution in [3.63, 3.8) is 0 Å². The topological polar surface area (TPSA) is 41.1 Å². The first-order chi connectivity index (χ1) is 18.3. The van der Waals surface area contributed by atoms with Gasteiger partial charge in [0.15, 0.2) is 0 Å². The Hall–Kier alpha value is -3.08. The molecule has 3 aromatic carbocycles. The van der Waals surface area contributed by atoms with Gasteiger partial charge in [-0.3, -0.25) is 0 Å². The highest BCUT2D eigenvalue weighted by atomic mass is 79.9. The van der Waals surface area contributed by atoms with Gasteiger partial charge in [-0.1, -0.05) is 65.2 Å². The maximum Gasteiger partial charge on any atom is 0.419 e. The molecule has 4 rings (SSSR count). The molecule has 1 aliphatic rings. The molecule has 1 atom stereocenters. The molecule has 0 bridgehead atoms. The lowest BCUT2D eigenvalue weighted by Crippen LogP contribution is -2.53. The van der Waals surface area contributed by atoms with Gasteiger partial charge in [0, 0.05) is 16.9 Å². The smallest absolute Gasteiger partial charge is 0.335 e. The summed E-state index contributed by atoms with van der Waals surface area (Å²) in [6.45, 7) is 0. The van der Waals surface area contributed by atoms with E-state index in [1.54, 1.807) is 30.3 Å². The van der Waals surface area contributed by atoms with E-state index >= 15 is 0 Å². The third-order valence-corrected chi connectivity index (χ3v) is 7.27. The number of hydrogen-bond donors (Lipinski definition) is 2. The SMILES string of the molecule is O=C(NC1CCCC1)NC(Cc1ccccc1)(c1cc(Br)cc(C(F)(F)F)c1)c1ccc(F)c(C(F)(F)F)c1. The number of carbonyl (C=O) groups excluding carboxylic acids is 1. The predicted molar refractivity (Wildman–Crippen MR) is 135 cm³/mol. The number of hydrogen-bond acceptors (Lipinski definition) is 1. The molecule has 3 nitrogen and oxygen atoms in total. The van der Waals surface area contributed by atoms with Gasteiger partial charge in [0.2, 0.25) is 0 Å². The lowest BCUT2D eigenvalue weighted by atomic mass is 9.77. The second-order valence-corrected chi connectivity index (χ2v) is 10.5. The summed E-state index contributed by atoms with van der Waals surface area (Å²) >= 11 is 3.08. The summed E-state index contributed by atoms with van der Waals surface area (Å²) in [4.78, 5) is 13.3. The molecular formula is C28H24BrF7N2O. The average molecular weight is 617 g/mol. The van der Waals surface area contributed by atoms with Gasteiger partial charge in [0.25, 0.3) is 0 Å². The molecule has 1 aliphatic carbocycles. The fourth-order valence-corrected chi connectivity index (χ4v) is 5.45. The van der Waals surface area contributed by atoms with E-state index < -0.39 is 40.9 Å². The van der Waals surface area contributed by atoms with Gasteiger partial charge in [-0.15, -0.1) is 0 Å². The van der Waals surface area contributed by atoms with Crippen LogP contribution >= 0.6 is 15.9 Å². The normalized spacial score (nSPS) is 16.1. The van der Waals surface area contributed by atoms with Crippen LogP contribution in [0, 0.1) is 5.82 Å². The summed E-state index contributed by atoms with van der Waals surface area (Å²) in [6, 6.07) is 12.5. The lowest BCUT2D eigenvalue weighted by Gasteiger charge is -2.37. The van der Waals surface area contributed by atoms with Gasteiger partial charge in [-0.2, -0.15) is 26.3 Å². The highest BCUT2D eigenvalue weighted by Crippen LogP contribution is 2.41. The molecule has 1 unspecified atom stereocenters. The molecule has 0 spiro atoms. The molecule has 2 amide bonds. The number of halogens is 8. The van der Waals surface area contributed by atoms with Gasteiger partial charge in [0.05, 0.1) is 16.7 Å². The van der Waals surface area contributed by atoms with Crippen molar-refractivity contribution in [3.8, 4) is 0 Å². The zero-order valence-electron chi connectivity index (χ0n) is 20.4. The molecule has 0 heterocycles. The standard InChI is InChI=1S/C28H24BrF7N2O/c29-21-13-19(12-20(14-21)27(31,32)33)26(16-17-6-2-1-3-7-17,38-25(39)37-22-8-4-5-9-22)18-10-11-24(30)23(15-18)28(34,35)36/h1-3,6-7,10-15,22H,4-5,8-9,16H2,(H2,37,38,39). The highest BCUT2D eigenvalue weighted by molar-refractivity contribution is 9.10.